The number of carbonyl (C=O) groups is 1. The van der Waals surface area contributed by atoms with E-state index in [-0.39, 0.29) is 5.56 Å². The molecular weight excluding hydrogens is 340 g/mol. The van der Waals surface area contributed by atoms with Crippen LogP contribution in [0.4, 0.5) is 5.69 Å². The molecule has 2 aromatic rings. The predicted molar refractivity (Wildman–Crippen MR) is 97.4 cm³/mol. The Morgan fingerprint density at radius 2 is 2.08 bits per heavy atom. The van der Waals surface area contributed by atoms with Crippen LogP contribution in [0.15, 0.2) is 24.5 Å². The molecule has 1 unspecified atom stereocenters. The van der Waals surface area contributed by atoms with Crippen LogP contribution in [-0.2, 0) is 10.0 Å². The second-order valence-electron chi connectivity index (χ2n) is 7.50. The van der Waals surface area contributed by atoms with Crippen LogP contribution in [0, 0.1) is 0 Å². The predicted octanol–water partition coefficient (Wildman–Crippen LogP) is 2.18. The highest BCUT2D eigenvalue weighted by Gasteiger charge is 2.32. The maximum Gasteiger partial charge on any atom is 0.268 e. The lowest BCUT2D eigenvalue weighted by Gasteiger charge is -2.24. The number of rotatable bonds is 3. The number of anilines is 1. The largest absolute Gasteiger partial charge is 0.369 e. The van der Waals surface area contributed by atoms with Gasteiger partial charge in [0.15, 0.2) is 0 Å². The summed E-state index contributed by atoms with van der Waals surface area (Å²) < 4.78 is 27.2. The quantitative estimate of drug-likeness (QED) is 0.902. The van der Waals surface area contributed by atoms with Crippen LogP contribution in [0.2, 0.25) is 0 Å². The van der Waals surface area contributed by atoms with E-state index in [4.69, 9.17) is 0 Å². The van der Waals surface area contributed by atoms with Gasteiger partial charge in [0, 0.05) is 24.5 Å². The Hall–Kier alpha value is -2.09. The number of hydrogen-bond acceptors (Lipinski definition) is 5. The zero-order valence-corrected chi connectivity index (χ0v) is 15.8. The van der Waals surface area contributed by atoms with Gasteiger partial charge in [-0.1, -0.05) is 0 Å². The number of carbonyl (C=O) groups excluding carboxylic acids is 1. The molecule has 3 rings (SSSR count). The van der Waals surface area contributed by atoms with Crippen molar-refractivity contribution in [3.63, 3.8) is 0 Å². The summed E-state index contributed by atoms with van der Waals surface area (Å²) in [6.07, 6.45) is 5.48. The molecule has 25 heavy (non-hydrogen) atoms. The Morgan fingerprint density at radius 3 is 2.68 bits per heavy atom. The molecule has 1 aliphatic rings. The molecule has 3 heterocycles. The Bertz CT molecular complexity index is 912. The van der Waals surface area contributed by atoms with Gasteiger partial charge in [0.05, 0.1) is 22.0 Å². The molecule has 0 aliphatic carbocycles. The summed E-state index contributed by atoms with van der Waals surface area (Å²) in [4.78, 5) is 14.8. The van der Waals surface area contributed by atoms with Gasteiger partial charge in [-0.05, 0) is 52.7 Å². The number of pyridine rings is 1. The summed E-state index contributed by atoms with van der Waals surface area (Å²) >= 11 is 0. The maximum atomic E-state index is 12.5. The zero-order valence-electron chi connectivity index (χ0n) is 15.0. The lowest BCUT2D eigenvalue weighted by molar-refractivity contribution is 0.0982. The fourth-order valence-electron chi connectivity index (χ4n) is 2.97. The van der Waals surface area contributed by atoms with Crippen LogP contribution in [-0.4, -0.2) is 41.3 Å². The molecule has 2 aromatic heterocycles. The lowest BCUT2D eigenvalue weighted by Crippen LogP contribution is -2.42. The SMILES string of the molecule is CC1CCCN1c1ccn2ncc(C(=O)NS(=O)(=O)C(C)(C)C)c2c1. The van der Waals surface area contributed by atoms with Gasteiger partial charge in [0.25, 0.3) is 5.91 Å². The molecule has 0 bridgehead atoms. The molecule has 1 aliphatic heterocycles. The zero-order chi connectivity index (χ0) is 18.4. The number of sulfonamides is 1. The molecule has 0 spiro atoms. The molecule has 8 heteroatoms. The third-order valence-electron chi connectivity index (χ3n) is 4.67. The molecule has 0 radical (unpaired) electrons. The number of nitrogens with one attached hydrogen (secondary N) is 1. The van der Waals surface area contributed by atoms with Crippen molar-refractivity contribution in [2.24, 2.45) is 0 Å². The first-order chi connectivity index (χ1) is 11.6. The number of nitrogens with zero attached hydrogens (tertiary/aromatic N) is 3. The van der Waals surface area contributed by atoms with Crippen molar-refractivity contribution in [1.82, 2.24) is 14.3 Å². The molecule has 0 aromatic carbocycles. The molecule has 1 fully saturated rings. The summed E-state index contributed by atoms with van der Waals surface area (Å²) in [6.45, 7) is 7.80. The van der Waals surface area contributed by atoms with Crippen molar-refractivity contribution in [1.29, 1.82) is 0 Å². The summed E-state index contributed by atoms with van der Waals surface area (Å²) in [5, 5.41) is 4.16. The highest BCUT2D eigenvalue weighted by atomic mass is 32.2. The second kappa shape index (κ2) is 6.01. The van der Waals surface area contributed by atoms with Gasteiger partial charge >= 0.3 is 0 Å². The van der Waals surface area contributed by atoms with Crippen LogP contribution in [0.25, 0.3) is 5.52 Å². The van der Waals surface area contributed by atoms with Crippen molar-refractivity contribution in [3.8, 4) is 0 Å². The van der Waals surface area contributed by atoms with Crippen molar-refractivity contribution >= 4 is 27.1 Å². The van der Waals surface area contributed by atoms with Gasteiger partial charge in [-0.3, -0.25) is 4.79 Å². The van der Waals surface area contributed by atoms with Crippen molar-refractivity contribution < 1.29 is 13.2 Å². The van der Waals surface area contributed by atoms with Gasteiger partial charge < -0.3 is 4.90 Å². The highest BCUT2D eigenvalue weighted by Crippen LogP contribution is 2.27. The molecule has 7 nitrogen and oxygen atoms in total. The third-order valence-corrected chi connectivity index (χ3v) is 6.73. The molecule has 1 atom stereocenters. The first-order valence-electron chi connectivity index (χ1n) is 8.41. The Kier molecular flexibility index (Phi) is 4.26. The highest BCUT2D eigenvalue weighted by molar-refractivity contribution is 7.91. The molecule has 1 N–H and O–H groups in total. The standard InChI is InChI=1S/C17H24N4O3S/c1-12-6-5-8-20(12)13-7-9-21-15(10-13)14(11-18-21)16(22)19-25(23,24)17(2,3)4/h7,9-12H,5-6,8H2,1-4H3,(H,19,22). The van der Waals surface area contributed by atoms with Crippen molar-refractivity contribution in [3.05, 3.63) is 30.1 Å². The Labute approximate surface area is 148 Å². The van der Waals surface area contributed by atoms with E-state index in [2.05, 4.69) is 21.6 Å². The maximum absolute atomic E-state index is 12.5. The van der Waals surface area contributed by atoms with E-state index in [1.54, 1.807) is 31.5 Å². The van der Waals surface area contributed by atoms with E-state index in [9.17, 15) is 13.2 Å². The topological polar surface area (TPSA) is 83.8 Å². The summed E-state index contributed by atoms with van der Waals surface area (Å²) in [6, 6.07) is 4.31. The van der Waals surface area contributed by atoms with E-state index in [1.165, 1.54) is 6.20 Å². The first kappa shape index (κ1) is 17.7. The van der Waals surface area contributed by atoms with Crippen LogP contribution in [0.5, 0.6) is 0 Å². The number of fused-ring (bicyclic) bond motifs is 1. The summed E-state index contributed by atoms with van der Waals surface area (Å²) in [5.74, 6) is -0.656. The number of hydrogen-bond donors (Lipinski definition) is 1. The van der Waals surface area contributed by atoms with Gasteiger partial charge in [0.1, 0.15) is 0 Å². The molecule has 1 saturated heterocycles. The smallest absolute Gasteiger partial charge is 0.268 e. The first-order valence-corrected chi connectivity index (χ1v) is 9.89. The minimum absolute atomic E-state index is 0.251. The van der Waals surface area contributed by atoms with Gasteiger partial charge in [-0.25, -0.2) is 17.7 Å². The normalized spacial score (nSPS) is 18.7. The van der Waals surface area contributed by atoms with E-state index >= 15 is 0 Å². The molecule has 1 amide bonds. The second-order valence-corrected chi connectivity index (χ2v) is 9.94. The van der Waals surface area contributed by atoms with Gasteiger partial charge in [-0.2, -0.15) is 5.10 Å². The number of aromatic nitrogens is 2. The summed E-state index contributed by atoms with van der Waals surface area (Å²) in [5.41, 5.74) is 1.87. The lowest BCUT2D eigenvalue weighted by atomic mass is 10.2. The van der Waals surface area contributed by atoms with Crippen molar-refractivity contribution in [2.45, 2.75) is 51.3 Å². The van der Waals surface area contributed by atoms with Gasteiger partial charge in [0.2, 0.25) is 10.0 Å². The van der Waals surface area contributed by atoms with Crippen LogP contribution < -0.4 is 9.62 Å². The molecule has 0 saturated carbocycles. The molecule has 136 valence electrons. The van der Waals surface area contributed by atoms with Crippen LogP contribution in [0.1, 0.15) is 50.9 Å². The Balaban J connectivity index is 1.95. The van der Waals surface area contributed by atoms with E-state index in [1.807, 2.05) is 12.1 Å². The van der Waals surface area contributed by atoms with E-state index in [0.717, 1.165) is 25.1 Å². The van der Waals surface area contributed by atoms with E-state index in [0.29, 0.717) is 11.6 Å². The minimum Gasteiger partial charge on any atom is -0.369 e. The van der Waals surface area contributed by atoms with Crippen molar-refractivity contribution in [2.75, 3.05) is 11.4 Å². The van der Waals surface area contributed by atoms with Crippen LogP contribution in [0.3, 0.4) is 0 Å². The van der Waals surface area contributed by atoms with E-state index < -0.39 is 20.7 Å². The minimum atomic E-state index is -3.77. The Morgan fingerprint density at radius 1 is 1.36 bits per heavy atom. The third kappa shape index (κ3) is 3.22. The monoisotopic (exact) mass is 364 g/mol. The van der Waals surface area contributed by atoms with Crippen LogP contribution >= 0.6 is 0 Å². The molecular formula is C17H24N4O3S. The average Bonchev–Trinajstić information content (AvgIpc) is 3.10. The fourth-order valence-corrected chi connectivity index (χ4v) is 3.63. The number of amides is 1. The fraction of sp³-hybridized carbons (Fsp3) is 0.529. The summed E-state index contributed by atoms with van der Waals surface area (Å²) in [7, 11) is -3.77. The van der Waals surface area contributed by atoms with Gasteiger partial charge in [-0.15, -0.1) is 0 Å². The average molecular weight is 364 g/mol.